The smallest absolute Gasteiger partial charge is 0.0612 e. The highest BCUT2D eigenvalue weighted by molar-refractivity contribution is 5.30. The van der Waals surface area contributed by atoms with E-state index in [-0.39, 0.29) is 6.10 Å². The predicted molar refractivity (Wildman–Crippen MR) is 78.3 cm³/mol. The van der Waals surface area contributed by atoms with Crippen molar-refractivity contribution in [3.63, 3.8) is 0 Å². The van der Waals surface area contributed by atoms with Gasteiger partial charge in [0.15, 0.2) is 0 Å². The minimum atomic E-state index is -0.139. The molecule has 1 N–H and O–H groups in total. The summed E-state index contributed by atoms with van der Waals surface area (Å²) >= 11 is 0. The van der Waals surface area contributed by atoms with Crippen molar-refractivity contribution in [2.24, 2.45) is 5.92 Å². The summed E-state index contributed by atoms with van der Waals surface area (Å²) in [6, 6.07) is 8.60. The van der Waals surface area contributed by atoms with Crippen molar-refractivity contribution < 1.29 is 5.11 Å². The van der Waals surface area contributed by atoms with E-state index >= 15 is 0 Å². The van der Waals surface area contributed by atoms with Crippen LogP contribution < -0.4 is 0 Å². The molecule has 1 aliphatic heterocycles. The normalized spacial score (nSPS) is 28.1. The molecule has 1 aromatic carbocycles. The summed E-state index contributed by atoms with van der Waals surface area (Å²) in [6.45, 7) is 3.70. The summed E-state index contributed by atoms with van der Waals surface area (Å²) in [5, 5.41) is 10.3. The molecule has 0 saturated carbocycles. The number of benzene rings is 1. The molecule has 2 heteroatoms. The van der Waals surface area contributed by atoms with Gasteiger partial charge in [-0.1, -0.05) is 30.7 Å². The molecule has 1 fully saturated rings. The zero-order chi connectivity index (χ0) is 13.1. The van der Waals surface area contributed by atoms with Gasteiger partial charge in [0.2, 0.25) is 0 Å². The number of rotatable bonds is 3. The van der Waals surface area contributed by atoms with E-state index in [9.17, 15) is 5.11 Å². The zero-order valence-electron chi connectivity index (χ0n) is 11.7. The molecule has 1 saturated heterocycles. The first-order valence-electron chi connectivity index (χ1n) is 7.80. The molecular formula is C17H25NO. The molecule has 2 nitrogen and oxygen atoms in total. The number of piperidine rings is 1. The minimum absolute atomic E-state index is 0.139. The molecular weight excluding hydrogens is 234 g/mol. The fourth-order valence-corrected chi connectivity index (χ4v) is 3.59. The highest BCUT2D eigenvalue weighted by atomic mass is 16.3. The molecule has 3 rings (SSSR count). The quantitative estimate of drug-likeness (QED) is 0.902. The largest absolute Gasteiger partial charge is 0.392 e. The SMILES string of the molecule is OC1Cc2ccccc2CC1CCN1CCCCC1. The van der Waals surface area contributed by atoms with E-state index in [2.05, 4.69) is 29.2 Å². The molecule has 1 heterocycles. The lowest BCUT2D eigenvalue weighted by molar-refractivity contribution is 0.0840. The molecule has 2 unspecified atom stereocenters. The van der Waals surface area contributed by atoms with Crippen molar-refractivity contribution in [1.29, 1.82) is 0 Å². The molecule has 0 aromatic heterocycles. The molecule has 104 valence electrons. The first kappa shape index (κ1) is 13.1. The van der Waals surface area contributed by atoms with Crippen molar-refractivity contribution in [1.82, 2.24) is 4.90 Å². The van der Waals surface area contributed by atoms with Crippen LogP contribution in [0.15, 0.2) is 24.3 Å². The van der Waals surface area contributed by atoms with Crippen LogP contribution in [-0.4, -0.2) is 35.7 Å². The summed E-state index contributed by atoms with van der Waals surface area (Å²) in [5.74, 6) is 0.455. The summed E-state index contributed by atoms with van der Waals surface area (Å²) in [7, 11) is 0. The fraction of sp³-hybridized carbons (Fsp3) is 0.647. The topological polar surface area (TPSA) is 23.5 Å². The molecule has 2 atom stereocenters. The molecule has 1 aliphatic carbocycles. The monoisotopic (exact) mass is 259 g/mol. The standard InChI is InChI=1S/C17H25NO/c19-17-13-15-7-3-2-6-14(15)12-16(17)8-11-18-9-4-1-5-10-18/h2-3,6-7,16-17,19H,1,4-5,8-13H2. The number of nitrogens with zero attached hydrogens (tertiary/aromatic N) is 1. The van der Waals surface area contributed by atoms with Crippen LogP contribution in [0.3, 0.4) is 0 Å². The third kappa shape index (κ3) is 3.18. The Hall–Kier alpha value is -0.860. The van der Waals surface area contributed by atoms with Gasteiger partial charge in [-0.05, 0) is 68.8 Å². The first-order chi connectivity index (χ1) is 9.33. The Morgan fingerprint density at radius 1 is 1.00 bits per heavy atom. The summed E-state index contributed by atoms with van der Waals surface area (Å²) < 4.78 is 0. The highest BCUT2D eigenvalue weighted by Gasteiger charge is 2.26. The lowest BCUT2D eigenvalue weighted by atomic mass is 9.80. The maximum atomic E-state index is 10.3. The van der Waals surface area contributed by atoms with Crippen LogP contribution in [0.1, 0.15) is 36.8 Å². The Bertz CT molecular complexity index is 411. The Labute approximate surface area is 116 Å². The van der Waals surface area contributed by atoms with Gasteiger partial charge in [0.25, 0.3) is 0 Å². The van der Waals surface area contributed by atoms with E-state index in [1.807, 2.05) is 0 Å². The van der Waals surface area contributed by atoms with Gasteiger partial charge in [0.1, 0.15) is 0 Å². The van der Waals surface area contributed by atoms with E-state index in [1.165, 1.54) is 50.0 Å². The van der Waals surface area contributed by atoms with Crippen LogP contribution in [0.25, 0.3) is 0 Å². The number of likely N-dealkylation sites (tertiary alicyclic amines) is 1. The van der Waals surface area contributed by atoms with E-state index in [0.29, 0.717) is 5.92 Å². The molecule has 0 radical (unpaired) electrons. The Morgan fingerprint density at radius 3 is 2.42 bits per heavy atom. The van der Waals surface area contributed by atoms with Crippen LogP contribution >= 0.6 is 0 Å². The van der Waals surface area contributed by atoms with Crippen LogP contribution in [0, 0.1) is 5.92 Å². The fourth-order valence-electron chi connectivity index (χ4n) is 3.59. The predicted octanol–water partition coefficient (Wildman–Crippen LogP) is 2.64. The van der Waals surface area contributed by atoms with E-state index in [0.717, 1.165) is 19.3 Å². The van der Waals surface area contributed by atoms with Crippen molar-refractivity contribution in [3.05, 3.63) is 35.4 Å². The first-order valence-corrected chi connectivity index (χ1v) is 7.80. The lowest BCUT2D eigenvalue weighted by Gasteiger charge is -2.33. The molecule has 0 spiro atoms. The summed E-state index contributed by atoms with van der Waals surface area (Å²) in [4.78, 5) is 2.58. The van der Waals surface area contributed by atoms with Gasteiger partial charge in [0.05, 0.1) is 6.10 Å². The Balaban J connectivity index is 1.56. The molecule has 0 bridgehead atoms. The van der Waals surface area contributed by atoms with E-state index < -0.39 is 0 Å². The van der Waals surface area contributed by atoms with Gasteiger partial charge >= 0.3 is 0 Å². The summed E-state index contributed by atoms with van der Waals surface area (Å²) in [6.07, 6.45) is 7.03. The van der Waals surface area contributed by atoms with Gasteiger partial charge in [-0.2, -0.15) is 0 Å². The number of fused-ring (bicyclic) bond motifs is 1. The second-order valence-electron chi connectivity index (χ2n) is 6.20. The second kappa shape index (κ2) is 6.06. The van der Waals surface area contributed by atoms with Gasteiger partial charge in [0, 0.05) is 0 Å². The number of aliphatic hydroxyl groups excluding tert-OH is 1. The van der Waals surface area contributed by atoms with E-state index in [1.54, 1.807) is 0 Å². The van der Waals surface area contributed by atoms with Gasteiger partial charge in [-0.15, -0.1) is 0 Å². The molecule has 19 heavy (non-hydrogen) atoms. The summed E-state index contributed by atoms with van der Waals surface area (Å²) in [5.41, 5.74) is 2.81. The van der Waals surface area contributed by atoms with Crippen LogP contribution in [0.5, 0.6) is 0 Å². The zero-order valence-corrected chi connectivity index (χ0v) is 11.7. The van der Waals surface area contributed by atoms with Gasteiger partial charge < -0.3 is 10.0 Å². The Morgan fingerprint density at radius 2 is 1.68 bits per heavy atom. The minimum Gasteiger partial charge on any atom is -0.392 e. The number of hydrogen-bond acceptors (Lipinski definition) is 2. The third-order valence-electron chi connectivity index (χ3n) is 4.84. The van der Waals surface area contributed by atoms with Crippen LogP contribution in [-0.2, 0) is 12.8 Å². The highest BCUT2D eigenvalue weighted by Crippen LogP contribution is 2.28. The second-order valence-corrected chi connectivity index (χ2v) is 6.20. The van der Waals surface area contributed by atoms with Crippen LogP contribution in [0.2, 0.25) is 0 Å². The average Bonchev–Trinajstić information content (AvgIpc) is 2.46. The maximum Gasteiger partial charge on any atom is 0.0612 e. The van der Waals surface area contributed by atoms with Crippen molar-refractivity contribution in [3.8, 4) is 0 Å². The van der Waals surface area contributed by atoms with Gasteiger partial charge in [-0.25, -0.2) is 0 Å². The third-order valence-corrected chi connectivity index (χ3v) is 4.84. The number of aliphatic hydroxyl groups is 1. The van der Waals surface area contributed by atoms with Crippen molar-refractivity contribution >= 4 is 0 Å². The lowest BCUT2D eigenvalue weighted by Crippen LogP contribution is -2.36. The molecule has 0 amide bonds. The number of hydrogen-bond donors (Lipinski definition) is 1. The molecule has 2 aliphatic rings. The van der Waals surface area contributed by atoms with E-state index in [4.69, 9.17) is 0 Å². The van der Waals surface area contributed by atoms with Crippen LogP contribution in [0.4, 0.5) is 0 Å². The average molecular weight is 259 g/mol. The van der Waals surface area contributed by atoms with Crippen molar-refractivity contribution in [2.45, 2.75) is 44.6 Å². The molecule has 1 aromatic rings. The van der Waals surface area contributed by atoms with Gasteiger partial charge in [-0.3, -0.25) is 0 Å². The van der Waals surface area contributed by atoms with Crippen molar-refractivity contribution in [2.75, 3.05) is 19.6 Å². The maximum absolute atomic E-state index is 10.3. The Kier molecular flexibility index (Phi) is 4.19.